The Bertz CT molecular complexity index is 1290. The van der Waals surface area contributed by atoms with Gasteiger partial charge in [0.1, 0.15) is 29.8 Å². The van der Waals surface area contributed by atoms with Gasteiger partial charge in [-0.05, 0) is 55.8 Å². The van der Waals surface area contributed by atoms with Crippen LogP contribution < -0.4 is 15.0 Å². The van der Waals surface area contributed by atoms with Crippen molar-refractivity contribution in [2.75, 3.05) is 31.1 Å². The van der Waals surface area contributed by atoms with Crippen LogP contribution in [0, 0.1) is 11.7 Å². The minimum absolute atomic E-state index is 0.138. The zero-order valence-corrected chi connectivity index (χ0v) is 22.8. The Hall–Kier alpha value is -3.17. The number of aromatic nitrogens is 4. The van der Waals surface area contributed by atoms with E-state index in [0.29, 0.717) is 28.9 Å². The van der Waals surface area contributed by atoms with Crippen LogP contribution >= 0.6 is 0 Å². The second-order valence-corrected chi connectivity index (χ2v) is 11.6. The van der Waals surface area contributed by atoms with Gasteiger partial charge in [0.2, 0.25) is 0 Å². The van der Waals surface area contributed by atoms with Crippen LogP contribution in [-0.4, -0.2) is 57.8 Å². The second-order valence-electron chi connectivity index (χ2n) is 11.6. The van der Waals surface area contributed by atoms with Crippen LogP contribution in [0.3, 0.4) is 0 Å². The summed E-state index contributed by atoms with van der Waals surface area (Å²) in [6, 6.07) is 4.90. The van der Waals surface area contributed by atoms with Gasteiger partial charge in [-0.1, -0.05) is 33.1 Å². The molecule has 0 bridgehead atoms. The fourth-order valence-electron chi connectivity index (χ4n) is 6.27. The van der Waals surface area contributed by atoms with Crippen LogP contribution in [0.5, 0.6) is 11.5 Å². The number of hydrogen-bond donors (Lipinski definition) is 1. The predicted molar refractivity (Wildman–Crippen MR) is 147 cm³/mol. The van der Waals surface area contributed by atoms with E-state index in [4.69, 9.17) is 9.47 Å². The van der Waals surface area contributed by atoms with E-state index in [-0.39, 0.29) is 17.3 Å². The molecular formula is C30H37FN6O2. The molecule has 3 aromatic rings. The van der Waals surface area contributed by atoms with Crippen LogP contribution in [-0.2, 0) is 4.74 Å². The molecule has 3 aliphatic rings. The van der Waals surface area contributed by atoms with Crippen LogP contribution in [0.15, 0.2) is 43.2 Å². The van der Waals surface area contributed by atoms with Crippen LogP contribution in [0.2, 0.25) is 0 Å². The van der Waals surface area contributed by atoms with Gasteiger partial charge in [-0.2, -0.15) is 0 Å². The van der Waals surface area contributed by atoms with E-state index in [1.54, 1.807) is 18.5 Å². The number of anilines is 1. The lowest BCUT2D eigenvalue weighted by Crippen LogP contribution is -2.62. The Labute approximate surface area is 229 Å². The van der Waals surface area contributed by atoms with E-state index < -0.39 is 0 Å². The fourth-order valence-corrected chi connectivity index (χ4v) is 6.27. The molecule has 1 N–H and O–H groups in total. The molecule has 1 atom stereocenters. The molecule has 0 amide bonds. The van der Waals surface area contributed by atoms with Crippen molar-refractivity contribution in [3.8, 4) is 22.6 Å². The summed E-state index contributed by atoms with van der Waals surface area (Å²) in [4.78, 5) is 19.6. The maximum Gasteiger partial charge on any atom is 0.188 e. The van der Waals surface area contributed by atoms with Gasteiger partial charge in [-0.25, -0.2) is 24.3 Å². The zero-order valence-electron chi connectivity index (χ0n) is 22.8. The van der Waals surface area contributed by atoms with E-state index in [9.17, 15) is 4.39 Å². The molecule has 8 nitrogen and oxygen atoms in total. The number of halogens is 1. The first-order chi connectivity index (χ1) is 19.0. The average Bonchev–Trinajstić information content (AvgIpc) is 3.38. The first kappa shape index (κ1) is 26.1. The highest BCUT2D eigenvalue weighted by Crippen LogP contribution is 2.43. The van der Waals surface area contributed by atoms with Crippen molar-refractivity contribution in [1.29, 1.82) is 0 Å². The third kappa shape index (κ3) is 5.61. The minimum Gasteiger partial charge on any atom is -0.451 e. The van der Waals surface area contributed by atoms with Crippen molar-refractivity contribution >= 4 is 5.82 Å². The highest BCUT2D eigenvalue weighted by molar-refractivity contribution is 5.73. The highest BCUT2D eigenvalue weighted by Gasteiger charge is 2.50. The van der Waals surface area contributed by atoms with Crippen LogP contribution in [0.1, 0.15) is 64.0 Å². The summed E-state index contributed by atoms with van der Waals surface area (Å²) in [7, 11) is 0. The Balaban J connectivity index is 1.15. The van der Waals surface area contributed by atoms with Gasteiger partial charge < -0.3 is 19.7 Å². The normalized spacial score (nSPS) is 20.9. The summed E-state index contributed by atoms with van der Waals surface area (Å²) < 4.78 is 27.1. The van der Waals surface area contributed by atoms with Crippen molar-refractivity contribution in [3.63, 3.8) is 0 Å². The lowest BCUT2D eigenvalue weighted by molar-refractivity contribution is -0.0189. The number of ether oxygens (including phenoxy) is 2. The van der Waals surface area contributed by atoms with E-state index in [0.717, 1.165) is 49.8 Å². The summed E-state index contributed by atoms with van der Waals surface area (Å²) in [5.41, 5.74) is 2.02. The van der Waals surface area contributed by atoms with Crippen LogP contribution in [0.25, 0.3) is 11.1 Å². The summed E-state index contributed by atoms with van der Waals surface area (Å²) in [5.74, 6) is 2.33. The van der Waals surface area contributed by atoms with Crippen molar-refractivity contribution < 1.29 is 13.9 Å². The quantitative estimate of drug-likeness (QED) is 0.407. The smallest absolute Gasteiger partial charge is 0.188 e. The Kier molecular flexibility index (Phi) is 7.44. The number of hydrogen-bond acceptors (Lipinski definition) is 8. The van der Waals surface area contributed by atoms with Gasteiger partial charge in [0.25, 0.3) is 0 Å². The van der Waals surface area contributed by atoms with E-state index in [1.807, 2.05) is 0 Å². The number of benzene rings is 1. The molecule has 1 aliphatic carbocycles. The predicted octanol–water partition coefficient (Wildman–Crippen LogP) is 5.51. The standard InChI is InChI=1S/C30H37FN6O2/c1-20(2)28-25(13-32-18-35-28)24-10-22(31)8-9-26(24)39-27-14-33-19-36-29(27)37-16-30(17-37)11-23(15-38-30)34-12-21-6-4-3-5-7-21/h8-10,13-14,18-21,23,34H,3-7,11-12,15-17H2,1-2H3. The van der Waals surface area contributed by atoms with Gasteiger partial charge in [0.05, 0.1) is 31.6 Å². The fraction of sp³-hybridized carbons (Fsp3) is 0.533. The van der Waals surface area contributed by atoms with Crippen molar-refractivity contribution in [2.45, 2.75) is 69.9 Å². The Morgan fingerprint density at radius 2 is 1.85 bits per heavy atom. The third-order valence-corrected chi connectivity index (χ3v) is 8.29. The van der Waals surface area contributed by atoms with Gasteiger partial charge in [-0.3, -0.25) is 0 Å². The maximum absolute atomic E-state index is 14.4. The molecule has 1 saturated carbocycles. The molecule has 206 valence electrons. The summed E-state index contributed by atoms with van der Waals surface area (Å²) in [6.07, 6.45) is 14.2. The molecular weight excluding hydrogens is 495 g/mol. The van der Waals surface area contributed by atoms with Gasteiger partial charge in [0, 0.05) is 23.4 Å². The summed E-state index contributed by atoms with van der Waals surface area (Å²) in [6.45, 7) is 7.46. The second kappa shape index (κ2) is 11.1. The Morgan fingerprint density at radius 1 is 1.05 bits per heavy atom. The van der Waals surface area contributed by atoms with Crippen molar-refractivity contribution in [3.05, 3.63) is 54.8 Å². The zero-order chi connectivity index (χ0) is 26.8. The molecule has 3 fully saturated rings. The molecule has 1 unspecified atom stereocenters. The SMILES string of the molecule is CC(C)c1ncncc1-c1cc(F)ccc1Oc1cncnc1N1CC2(CC(NCC3CCCCC3)CO2)C1. The van der Waals surface area contributed by atoms with Gasteiger partial charge >= 0.3 is 0 Å². The van der Waals surface area contributed by atoms with E-state index >= 15 is 0 Å². The van der Waals surface area contributed by atoms with Crippen molar-refractivity contribution in [1.82, 2.24) is 25.3 Å². The Morgan fingerprint density at radius 3 is 2.67 bits per heavy atom. The summed E-state index contributed by atoms with van der Waals surface area (Å²) in [5, 5.41) is 3.78. The molecule has 6 rings (SSSR count). The average molecular weight is 533 g/mol. The largest absolute Gasteiger partial charge is 0.451 e. The number of nitrogens with one attached hydrogen (secondary N) is 1. The molecule has 1 spiro atoms. The van der Waals surface area contributed by atoms with Crippen LogP contribution in [0.4, 0.5) is 10.2 Å². The number of nitrogens with zero attached hydrogens (tertiary/aromatic N) is 5. The first-order valence-electron chi connectivity index (χ1n) is 14.2. The molecule has 1 aromatic carbocycles. The van der Waals surface area contributed by atoms with E-state index in [2.05, 4.69) is 44.0 Å². The lowest BCUT2D eigenvalue weighted by atomic mass is 9.87. The topological polar surface area (TPSA) is 85.3 Å². The first-order valence-corrected chi connectivity index (χ1v) is 14.2. The highest BCUT2D eigenvalue weighted by atomic mass is 19.1. The summed E-state index contributed by atoms with van der Waals surface area (Å²) >= 11 is 0. The monoisotopic (exact) mass is 532 g/mol. The molecule has 4 heterocycles. The lowest BCUT2D eigenvalue weighted by Gasteiger charge is -2.48. The molecule has 2 aliphatic heterocycles. The number of rotatable bonds is 8. The third-order valence-electron chi connectivity index (χ3n) is 8.29. The van der Waals surface area contributed by atoms with E-state index in [1.165, 1.54) is 56.9 Å². The molecule has 9 heteroatoms. The maximum atomic E-state index is 14.4. The minimum atomic E-state index is -0.352. The van der Waals surface area contributed by atoms with Crippen molar-refractivity contribution in [2.24, 2.45) is 5.92 Å². The molecule has 2 saturated heterocycles. The van der Waals surface area contributed by atoms with Gasteiger partial charge in [0.15, 0.2) is 11.6 Å². The molecule has 39 heavy (non-hydrogen) atoms. The molecule has 0 radical (unpaired) electrons. The molecule has 2 aromatic heterocycles. The van der Waals surface area contributed by atoms with Gasteiger partial charge in [-0.15, -0.1) is 0 Å².